The van der Waals surface area contributed by atoms with Crippen LogP contribution < -0.4 is 5.56 Å². The fourth-order valence-corrected chi connectivity index (χ4v) is 2.95. The molecule has 3 rings (SSSR count). The van der Waals surface area contributed by atoms with Crippen molar-refractivity contribution < 1.29 is 8.78 Å². The van der Waals surface area contributed by atoms with Gasteiger partial charge in [0, 0.05) is 23.6 Å². The Kier molecular flexibility index (Phi) is 1.78. The molecule has 0 radical (unpaired) electrons. The molecule has 0 aliphatic heterocycles. The summed E-state index contributed by atoms with van der Waals surface area (Å²) in [6, 6.07) is 1.29. The van der Waals surface area contributed by atoms with E-state index in [4.69, 9.17) is 0 Å². The predicted molar refractivity (Wildman–Crippen MR) is 56.4 cm³/mol. The minimum absolute atomic E-state index is 0.166. The van der Waals surface area contributed by atoms with Crippen molar-refractivity contribution in [3.63, 3.8) is 0 Å². The van der Waals surface area contributed by atoms with Crippen molar-refractivity contribution in [2.75, 3.05) is 0 Å². The van der Waals surface area contributed by atoms with Crippen LogP contribution in [0.5, 0.6) is 0 Å². The van der Waals surface area contributed by atoms with Gasteiger partial charge in [-0.3, -0.25) is 9.20 Å². The van der Waals surface area contributed by atoms with E-state index < -0.39 is 11.8 Å². The monoisotopic (exact) mass is 242 g/mol. The maximum atomic E-state index is 13.1. The molecule has 1 saturated carbocycles. The standard InChI is InChI=1S/C10H8F2N2OS/c1-5-8(6-4-10(6,11)12)14-7(15)2-3-13-9(14)16-5/h2-3,6H,4H2,1H3. The molecule has 0 N–H and O–H groups in total. The highest BCUT2D eigenvalue weighted by Crippen LogP contribution is 2.56. The van der Waals surface area contributed by atoms with Gasteiger partial charge in [-0.25, -0.2) is 13.8 Å². The molecule has 0 saturated heterocycles. The van der Waals surface area contributed by atoms with Crippen molar-refractivity contribution in [3.8, 4) is 0 Å². The first-order chi connectivity index (χ1) is 7.50. The first kappa shape index (κ1) is 9.89. The second-order valence-corrected chi connectivity index (χ2v) is 5.14. The molecule has 1 unspecified atom stereocenters. The Morgan fingerprint density at radius 2 is 2.31 bits per heavy atom. The van der Waals surface area contributed by atoms with E-state index in [2.05, 4.69) is 4.98 Å². The Hall–Kier alpha value is -1.30. The molecule has 1 fully saturated rings. The summed E-state index contributed by atoms with van der Waals surface area (Å²) < 4.78 is 27.4. The number of halogens is 2. The molecule has 0 amide bonds. The zero-order valence-corrected chi connectivity index (χ0v) is 9.22. The number of hydrogen-bond acceptors (Lipinski definition) is 3. The van der Waals surface area contributed by atoms with Crippen LogP contribution in [0.2, 0.25) is 0 Å². The van der Waals surface area contributed by atoms with Gasteiger partial charge in [0.15, 0.2) is 4.96 Å². The molecule has 1 aliphatic carbocycles. The van der Waals surface area contributed by atoms with Gasteiger partial charge in [0.2, 0.25) is 0 Å². The minimum atomic E-state index is -2.66. The van der Waals surface area contributed by atoms with Crippen LogP contribution in [-0.4, -0.2) is 15.3 Å². The van der Waals surface area contributed by atoms with Gasteiger partial charge in [0.05, 0.1) is 11.6 Å². The first-order valence-electron chi connectivity index (χ1n) is 4.85. The molecule has 16 heavy (non-hydrogen) atoms. The fraction of sp³-hybridized carbons (Fsp3) is 0.400. The number of alkyl halides is 2. The first-order valence-corrected chi connectivity index (χ1v) is 5.67. The molecule has 3 nitrogen and oxygen atoms in total. The molecule has 0 spiro atoms. The zero-order chi connectivity index (χ0) is 11.5. The van der Waals surface area contributed by atoms with Crippen LogP contribution in [0.4, 0.5) is 8.78 Å². The number of thiazole rings is 1. The van der Waals surface area contributed by atoms with E-state index in [1.54, 1.807) is 6.92 Å². The number of fused-ring (bicyclic) bond motifs is 1. The molecule has 84 valence electrons. The normalized spacial score (nSPS) is 22.6. The largest absolute Gasteiger partial charge is 0.269 e. The SMILES string of the molecule is Cc1sc2nccc(=O)n2c1C1CC1(F)F. The molecule has 2 heterocycles. The second-order valence-electron chi connectivity index (χ2n) is 3.96. The van der Waals surface area contributed by atoms with Gasteiger partial charge < -0.3 is 0 Å². The van der Waals surface area contributed by atoms with Crippen molar-refractivity contribution in [2.45, 2.75) is 25.2 Å². The maximum Gasteiger partial charge on any atom is 0.258 e. The molecule has 2 aromatic rings. The summed E-state index contributed by atoms with van der Waals surface area (Å²) in [6.45, 7) is 1.75. The summed E-state index contributed by atoms with van der Waals surface area (Å²) in [6.07, 6.45) is 1.24. The lowest BCUT2D eigenvalue weighted by atomic mass is 10.2. The smallest absolute Gasteiger partial charge is 0.258 e. The summed E-state index contributed by atoms with van der Waals surface area (Å²) in [5, 5.41) is 0. The average molecular weight is 242 g/mol. The van der Waals surface area contributed by atoms with Crippen LogP contribution in [0.1, 0.15) is 22.9 Å². The van der Waals surface area contributed by atoms with E-state index in [0.717, 1.165) is 4.88 Å². The van der Waals surface area contributed by atoms with E-state index in [1.807, 2.05) is 0 Å². The van der Waals surface area contributed by atoms with Crippen molar-refractivity contribution in [3.05, 3.63) is 33.2 Å². The van der Waals surface area contributed by atoms with Crippen LogP contribution in [-0.2, 0) is 0 Å². The highest BCUT2D eigenvalue weighted by Gasteiger charge is 2.59. The summed E-state index contributed by atoms with van der Waals surface area (Å²) in [7, 11) is 0. The molecule has 0 aromatic carbocycles. The number of rotatable bonds is 1. The van der Waals surface area contributed by atoms with Crippen molar-refractivity contribution in [1.82, 2.24) is 9.38 Å². The van der Waals surface area contributed by atoms with Gasteiger partial charge in [-0.1, -0.05) is 0 Å². The number of aryl methyl sites for hydroxylation is 1. The van der Waals surface area contributed by atoms with Gasteiger partial charge in [0.1, 0.15) is 0 Å². The highest BCUT2D eigenvalue weighted by atomic mass is 32.1. The van der Waals surface area contributed by atoms with Gasteiger partial charge in [-0.15, -0.1) is 11.3 Å². The minimum Gasteiger partial charge on any atom is -0.269 e. The van der Waals surface area contributed by atoms with Crippen molar-refractivity contribution >= 4 is 16.3 Å². The quantitative estimate of drug-likeness (QED) is 0.768. The third kappa shape index (κ3) is 1.22. The van der Waals surface area contributed by atoms with Crippen molar-refractivity contribution in [1.29, 1.82) is 0 Å². The van der Waals surface area contributed by atoms with Crippen LogP contribution in [0.3, 0.4) is 0 Å². The van der Waals surface area contributed by atoms with Crippen LogP contribution in [0.15, 0.2) is 17.1 Å². The molecular formula is C10H8F2N2OS. The lowest BCUT2D eigenvalue weighted by Gasteiger charge is -2.00. The predicted octanol–water partition coefficient (Wildman–Crippen LogP) is 2.19. The lowest BCUT2D eigenvalue weighted by Crippen LogP contribution is -2.14. The Morgan fingerprint density at radius 3 is 2.94 bits per heavy atom. The molecule has 0 bridgehead atoms. The third-order valence-electron chi connectivity index (χ3n) is 2.82. The Balaban J connectivity index is 2.32. The van der Waals surface area contributed by atoms with Crippen molar-refractivity contribution in [2.24, 2.45) is 0 Å². The van der Waals surface area contributed by atoms with E-state index in [0.29, 0.717) is 10.7 Å². The van der Waals surface area contributed by atoms with Crippen LogP contribution in [0, 0.1) is 6.92 Å². The molecule has 6 heteroatoms. The van der Waals surface area contributed by atoms with Gasteiger partial charge >= 0.3 is 0 Å². The Labute approximate surface area is 93.4 Å². The number of hydrogen-bond donors (Lipinski definition) is 0. The molecule has 1 aliphatic rings. The summed E-state index contributed by atoms with van der Waals surface area (Å²) in [5.74, 6) is -3.48. The van der Waals surface area contributed by atoms with Crippen LogP contribution in [0.25, 0.3) is 4.96 Å². The van der Waals surface area contributed by atoms with Gasteiger partial charge in [-0.05, 0) is 6.92 Å². The Bertz CT molecular complexity index is 631. The molecule has 2 aromatic heterocycles. The Morgan fingerprint density at radius 1 is 1.62 bits per heavy atom. The number of aromatic nitrogens is 2. The average Bonchev–Trinajstić information content (AvgIpc) is 2.67. The molecule has 1 atom stereocenters. The van der Waals surface area contributed by atoms with E-state index in [-0.39, 0.29) is 12.0 Å². The highest BCUT2D eigenvalue weighted by molar-refractivity contribution is 7.17. The lowest BCUT2D eigenvalue weighted by molar-refractivity contribution is 0.111. The van der Waals surface area contributed by atoms with Crippen LogP contribution >= 0.6 is 11.3 Å². The fourth-order valence-electron chi connectivity index (χ4n) is 1.94. The third-order valence-corrected chi connectivity index (χ3v) is 3.80. The molecular weight excluding hydrogens is 234 g/mol. The maximum absolute atomic E-state index is 13.1. The van der Waals surface area contributed by atoms with Gasteiger partial charge in [0.25, 0.3) is 11.5 Å². The second kappa shape index (κ2) is 2.88. The summed E-state index contributed by atoms with van der Waals surface area (Å²) >= 11 is 1.28. The topological polar surface area (TPSA) is 34.4 Å². The van der Waals surface area contributed by atoms with E-state index in [9.17, 15) is 13.6 Å². The van der Waals surface area contributed by atoms with E-state index in [1.165, 1.54) is 28.0 Å². The van der Waals surface area contributed by atoms with E-state index >= 15 is 0 Å². The summed E-state index contributed by atoms with van der Waals surface area (Å²) in [4.78, 5) is 16.9. The zero-order valence-electron chi connectivity index (χ0n) is 8.41. The number of nitrogens with zero attached hydrogens (tertiary/aromatic N) is 2. The summed E-state index contributed by atoms with van der Waals surface area (Å²) in [5.41, 5.74) is 0.148. The van der Waals surface area contributed by atoms with Gasteiger partial charge in [-0.2, -0.15) is 0 Å².